The zero-order valence-corrected chi connectivity index (χ0v) is 78.7. The summed E-state index contributed by atoms with van der Waals surface area (Å²) in [5.74, 6) is -7.58. The Morgan fingerprint density at radius 1 is 0.353 bits per heavy atom. The molecule has 2 bridgehead atoms. The van der Waals surface area contributed by atoms with Crippen molar-refractivity contribution < 1.29 is 138 Å². The number of ketones is 1. The zero-order valence-electron chi connectivity index (χ0n) is 69.8. The third-order valence-electron chi connectivity index (χ3n) is 18.1. The normalized spacial score (nSPS) is 17.2. The largest absolute Gasteiger partial charge is 0.464 e. The maximum atomic E-state index is 15.0. The number of rotatable bonds is 66. The average Bonchev–Trinajstić information content (AvgIpc) is 1.57. The van der Waals surface area contributed by atoms with Crippen LogP contribution in [0.4, 0.5) is 0 Å². The van der Waals surface area contributed by atoms with E-state index in [2.05, 4.69) is 108 Å². The van der Waals surface area contributed by atoms with Crippen LogP contribution in [0.3, 0.4) is 0 Å². The Bertz CT molecular complexity index is 2810. The molecule has 5 atom stereocenters. The maximum absolute atomic E-state index is 15.0. The number of alkyl halides is 5. The summed E-state index contributed by atoms with van der Waals surface area (Å²) in [6.07, 6.45) is 2.84. The van der Waals surface area contributed by atoms with Crippen molar-refractivity contribution in [1.82, 2.24) is 20.9 Å². The number of nitrogens with zero attached hydrogens (tertiary/aromatic N) is 1. The van der Waals surface area contributed by atoms with Crippen LogP contribution in [0.25, 0.3) is 0 Å². The van der Waals surface area contributed by atoms with E-state index < -0.39 is 160 Å². The molecule has 116 heavy (non-hydrogen) atoms. The molecule has 0 aromatic rings. The molecule has 0 saturated carbocycles. The van der Waals surface area contributed by atoms with Crippen LogP contribution >= 0.6 is 92.3 Å². The molecule has 5 amide bonds. The lowest BCUT2D eigenvalue weighted by atomic mass is 9.82. The van der Waals surface area contributed by atoms with Gasteiger partial charge >= 0.3 is 29.8 Å². The number of carbonyl (C=O) groups excluding carboxylic acids is 11. The molecule has 3 heterocycles. The predicted octanol–water partition coefficient (Wildman–Crippen LogP) is 6.12. The molecule has 33 nitrogen and oxygen atoms in total. The predicted molar refractivity (Wildman–Crippen MR) is 444 cm³/mol. The van der Waals surface area contributed by atoms with Gasteiger partial charge in [-0.05, 0) is 110 Å². The first kappa shape index (κ1) is 107. The van der Waals surface area contributed by atoms with Crippen LogP contribution in [0.15, 0.2) is 12.2 Å². The van der Waals surface area contributed by atoms with E-state index in [9.17, 15) is 52.7 Å². The number of carbonyl (C=O) groups is 11. The van der Waals surface area contributed by atoms with Gasteiger partial charge in [-0.3, -0.25) is 57.6 Å². The molecule has 2 saturated heterocycles. The summed E-state index contributed by atoms with van der Waals surface area (Å²) in [7, 11) is 0. The number of imide groups is 1. The number of fused-ring (bicyclic) bond motifs is 5. The Morgan fingerprint density at radius 3 is 0.853 bits per heavy atom. The molecule has 668 valence electrons. The minimum absolute atomic E-state index is 0.00914. The van der Waals surface area contributed by atoms with Crippen molar-refractivity contribution in [1.29, 1.82) is 0 Å². The Kier molecular flexibility index (Phi) is 47.5. The lowest BCUT2D eigenvalue weighted by molar-refractivity contribution is -0.161. The third-order valence-corrected chi connectivity index (χ3v) is 20.0. The van der Waals surface area contributed by atoms with Gasteiger partial charge in [0.15, 0.2) is 0 Å². The van der Waals surface area contributed by atoms with Gasteiger partial charge in [0.1, 0.15) is 71.7 Å². The van der Waals surface area contributed by atoms with Crippen molar-refractivity contribution in [3.8, 4) is 0 Å². The van der Waals surface area contributed by atoms with Crippen molar-refractivity contribution in [3.63, 3.8) is 0 Å². The second kappa shape index (κ2) is 51.6. The number of likely N-dealkylation sites (tertiary alicyclic amines) is 1. The van der Waals surface area contributed by atoms with Crippen LogP contribution in [0.2, 0.25) is 0 Å². The van der Waals surface area contributed by atoms with Gasteiger partial charge in [0.2, 0.25) is 29.5 Å². The number of esters is 5. The summed E-state index contributed by atoms with van der Waals surface area (Å²) in [5.41, 5.74) is -6.84. The summed E-state index contributed by atoms with van der Waals surface area (Å²) in [6, 6.07) is 0. The van der Waals surface area contributed by atoms with Gasteiger partial charge in [-0.15, -0.1) is 0 Å². The smallest absolute Gasteiger partial charge is 0.322 e. The molecule has 3 rings (SSSR count). The van der Waals surface area contributed by atoms with Crippen molar-refractivity contribution in [2.24, 2.45) is 33.5 Å². The van der Waals surface area contributed by atoms with Gasteiger partial charge in [-0.1, -0.05) is 91.8 Å². The highest BCUT2D eigenvalue weighted by atomic mass is 79.9. The molecule has 0 spiro atoms. The van der Waals surface area contributed by atoms with Crippen molar-refractivity contribution in [2.45, 2.75) is 155 Å². The van der Waals surface area contributed by atoms with E-state index in [-0.39, 0.29) is 102 Å². The Balaban J connectivity index is 1.53. The van der Waals surface area contributed by atoms with E-state index in [0.717, 1.165) is 0 Å². The first-order chi connectivity index (χ1) is 54.0. The lowest BCUT2D eigenvalue weighted by Crippen LogP contribution is -2.59. The second-order valence-corrected chi connectivity index (χ2v) is 43.1. The van der Waals surface area contributed by atoms with E-state index in [1.165, 1.54) is 94.9 Å². The number of Topliss-reactive ketones (excluding diaryl/α,β-unsaturated/α-hetero) is 1. The van der Waals surface area contributed by atoms with Crippen molar-refractivity contribution in [2.75, 3.05) is 218 Å². The molecule has 3 N–H and O–H groups in total. The summed E-state index contributed by atoms with van der Waals surface area (Å²) in [4.78, 5) is 151. The fourth-order valence-corrected chi connectivity index (χ4v) is 11.2. The van der Waals surface area contributed by atoms with Gasteiger partial charge in [0.05, 0.1) is 199 Å². The monoisotopic (exact) mass is 2000 g/mol. The lowest BCUT2D eigenvalue weighted by Gasteiger charge is -2.38. The van der Waals surface area contributed by atoms with E-state index in [1.807, 2.05) is 12.2 Å². The van der Waals surface area contributed by atoms with Crippen molar-refractivity contribution in [3.05, 3.63) is 12.2 Å². The summed E-state index contributed by atoms with van der Waals surface area (Å²) in [6.45, 7) is 25.4. The number of hydrogen-bond donors (Lipinski definition) is 4. The maximum Gasteiger partial charge on any atom is 0.322 e. The molecule has 0 aromatic heterocycles. The minimum Gasteiger partial charge on any atom is -0.464 e. The highest BCUT2D eigenvalue weighted by molar-refractivity contribution is 9.11. The van der Waals surface area contributed by atoms with Crippen LogP contribution in [-0.4, -0.2) is 326 Å². The molecular weight excluding hydrogens is 1880 g/mol. The van der Waals surface area contributed by atoms with Crippen LogP contribution in [0.1, 0.15) is 117 Å². The minimum atomic E-state index is -1.80. The van der Waals surface area contributed by atoms with Gasteiger partial charge in [0, 0.05) is 31.5 Å². The topological polar surface area (TPSA) is 393 Å². The number of thiol groups is 1. The molecule has 3 aliphatic heterocycles. The summed E-state index contributed by atoms with van der Waals surface area (Å²) >= 11 is 20.9. The van der Waals surface area contributed by atoms with E-state index in [0.29, 0.717) is 106 Å². The van der Waals surface area contributed by atoms with Gasteiger partial charge < -0.3 is 101 Å². The Hall–Kier alpha value is -3.46. The summed E-state index contributed by atoms with van der Waals surface area (Å²) in [5, 5.41) is 8.69. The molecular formula is C77H125Br5N4O29S. The number of halogens is 5. The fraction of sp³-hybridized carbons (Fsp3) is 0.831. The average molecular weight is 2000 g/mol. The fourth-order valence-electron chi connectivity index (χ4n) is 10.5. The van der Waals surface area contributed by atoms with Gasteiger partial charge in [-0.2, -0.15) is 12.6 Å². The quantitative estimate of drug-likeness (QED) is 0.0101. The van der Waals surface area contributed by atoms with Crippen LogP contribution in [0, 0.1) is 33.5 Å². The van der Waals surface area contributed by atoms with Crippen molar-refractivity contribution >= 4 is 157 Å². The molecule has 39 heteroatoms. The first-order valence-corrected chi connectivity index (χ1v) is 43.0. The highest BCUT2D eigenvalue weighted by Crippen LogP contribution is 2.45. The van der Waals surface area contributed by atoms with E-state index >= 15 is 0 Å². The Labute approximate surface area is 729 Å². The molecule has 3 aliphatic rings. The number of hydrogen-bond acceptors (Lipinski definition) is 30. The summed E-state index contributed by atoms with van der Waals surface area (Å²) < 4.78 is 94.8. The van der Waals surface area contributed by atoms with Crippen LogP contribution in [-0.2, 0) is 138 Å². The SMILES string of the molecule is CC(C)(S)C(=O)OCC(C)(CCC(=O)C(C)(C)Br)C(=O)NCC(CNC(=O)C(C)(COC(=O)C(C)(C)Br)COC(=O)C(C)(C)Br)(CNC(=O)C(C)(COC(=O)C(C)(C)Br)COC(=O)C(C)(C)Br)COCCOCCOCCOCCOCCOCCOCCOCCOCCOCCOCCOCCN1C(=O)C2C3C=CC(O3)C2C1=O. The zero-order chi connectivity index (χ0) is 87.2. The molecule has 0 aromatic carbocycles. The second-order valence-electron chi connectivity index (χ2n) is 32.1. The van der Waals surface area contributed by atoms with Crippen LogP contribution < -0.4 is 16.0 Å². The number of amides is 5. The molecule has 5 unspecified atom stereocenters. The van der Waals surface area contributed by atoms with E-state index in [4.69, 9.17) is 85.3 Å². The van der Waals surface area contributed by atoms with Gasteiger partial charge in [-0.25, -0.2) is 0 Å². The molecule has 0 aliphatic carbocycles. The van der Waals surface area contributed by atoms with E-state index in [1.54, 1.807) is 13.8 Å². The molecule has 2 fully saturated rings. The number of nitrogens with one attached hydrogen (secondary N) is 3. The first-order valence-electron chi connectivity index (χ1n) is 38.6. The third kappa shape index (κ3) is 39.8. The highest BCUT2D eigenvalue weighted by Gasteiger charge is 2.60. The molecule has 0 radical (unpaired) electrons. The van der Waals surface area contributed by atoms with Gasteiger partial charge in [0.25, 0.3) is 0 Å². The van der Waals surface area contributed by atoms with Crippen LogP contribution in [0.5, 0.6) is 0 Å². The Morgan fingerprint density at radius 2 is 0.595 bits per heavy atom. The number of ether oxygens (including phenoxy) is 18. The standard InChI is InChI=1S/C77H125Br5N4O29S/c1-68(2,78)55(87)18-19-74(13,47-114-67(97)73(11,12)116)60(90)83-44-77(45-84-61(91)75(14,48-110-63(93)69(3,4)79)49-111-64(94)70(5,6)80,46-85-62(92)76(15,50-112-65(95)71(7,8)81)51-113-66(96)72(9,10)82)52-109-43-42-108-41-40-107-39-38-106-37-36-105-35-34-104-33-32-103-31-30-102-29-28-101-27-26-100-25-24-99-23-22-98-21-20-86-58(88)56-53-16-17-54(115-53)57(56)59(86)89/h16-17,53-54,56-57,116H,18-52H2,1-15H3,(H,83,90)(H,84,91)(H,85,92).